The fraction of sp³-hybridized carbons (Fsp3) is 0.250. The van der Waals surface area contributed by atoms with Crippen molar-refractivity contribution in [1.29, 1.82) is 10.7 Å². The highest BCUT2D eigenvalue weighted by atomic mass is 16.6. The zero-order chi connectivity index (χ0) is 17.3. The summed E-state index contributed by atoms with van der Waals surface area (Å²) in [6, 6.07) is 7.32. The van der Waals surface area contributed by atoms with E-state index in [1.54, 1.807) is 31.1 Å². The summed E-state index contributed by atoms with van der Waals surface area (Å²) in [6.45, 7) is 1.85. The van der Waals surface area contributed by atoms with Gasteiger partial charge in [0.15, 0.2) is 5.52 Å². The standard InChI is InChI=1S/C16H15N7O/c1-9-12(7-10-5-4-6-11(8-17)20-10)13(15(18)23(2)3)14-16(19-9)22-24-21-14/h4-6,18H,7H2,1-3H3. The van der Waals surface area contributed by atoms with Crippen LogP contribution in [0.25, 0.3) is 11.2 Å². The van der Waals surface area contributed by atoms with Crippen LogP contribution in [0, 0.1) is 23.7 Å². The molecule has 8 nitrogen and oxygen atoms in total. The molecule has 0 fully saturated rings. The van der Waals surface area contributed by atoms with Crippen LogP contribution in [-0.2, 0) is 6.42 Å². The van der Waals surface area contributed by atoms with E-state index in [4.69, 9.17) is 15.3 Å². The van der Waals surface area contributed by atoms with Crippen LogP contribution in [0.4, 0.5) is 0 Å². The van der Waals surface area contributed by atoms with Crippen LogP contribution in [0.3, 0.4) is 0 Å². The quantitative estimate of drug-likeness (QED) is 0.576. The Morgan fingerprint density at radius 2 is 2.08 bits per heavy atom. The molecule has 1 N–H and O–H groups in total. The Morgan fingerprint density at radius 1 is 1.29 bits per heavy atom. The van der Waals surface area contributed by atoms with E-state index in [0.29, 0.717) is 28.8 Å². The summed E-state index contributed by atoms with van der Waals surface area (Å²) in [5.41, 5.74) is 4.06. The maximum Gasteiger partial charge on any atom is 0.225 e. The lowest BCUT2D eigenvalue weighted by molar-refractivity contribution is 0.314. The van der Waals surface area contributed by atoms with Gasteiger partial charge in [0, 0.05) is 31.9 Å². The summed E-state index contributed by atoms with van der Waals surface area (Å²) in [6.07, 6.45) is 0.433. The van der Waals surface area contributed by atoms with Crippen molar-refractivity contribution in [2.24, 2.45) is 0 Å². The van der Waals surface area contributed by atoms with Gasteiger partial charge in [-0.15, -0.1) is 0 Å². The van der Waals surface area contributed by atoms with Gasteiger partial charge in [0.1, 0.15) is 17.6 Å². The molecule has 0 aromatic carbocycles. The Labute approximate surface area is 138 Å². The van der Waals surface area contributed by atoms with E-state index in [1.807, 2.05) is 19.1 Å². The van der Waals surface area contributed by atoms with E-state index in [-0.39, 0.29) is 5.84 Å². The summed E-state index contributed by atoms with van der Waals surface area (Å²) in [5.74, 6) is 0.285. The van der Waals surface area contributed by atoms with Crippen LogP contribution in [0.15, 0.2) is 22.8 Å². The van der Waals surface area contributed by atoms with Crippen LogP contribution < -0.4 is 0 Å². The minimum absolute atomic E-state index is 0.285. The molecule has 3 rings (SSSR count). The van der Waals surface area contributed by atoms with Crippen molar-refractivity contribution in [2.75, 3.05) is 14.1 Å². The van der Waals surface area contributed by atoms with Crippen molar-refractivity contribution in [2.45, 2.75) is 13.3 Å². The Bertz CT molecular complexity index is 968. The Hall–Kier alpha value is -3.34. The zero-order valence-corrected chi connectivity index (χ0v) is 13.5. The van der Waals surface area contributed by atoms with Crippen molar-refractivity contribution in [3.8, 4) is 6.07 Å². The summed E-state index contributed by atoms with van der Waals surface area (Å²) in [5, 5.41) is 25.1. The van der Waals surface area contributed by atoms with E-state index < -0.39 is 0 Å². The van der Waals surface area contributed by atoms with Crippen molar-refractivity contribution in [3.63, 3.8) is 0 Å². The highest BCUT2D eigenvalue weighted by molar-refractivity contribution is 6.06. The lowest BCUT2D eigenvalue weighted by Gasteiger charge is -2.18. The SMILES string of the molecule is Cc1nc2nonc2c(C(=N)N(C)C)c1Cc1cccc(C#N)n1. The number of aryl methyl sites for hydroxylation is 1. The Morgan fingerprint density at radius 3 is 2.79 bits per heavy atom. The molecule has 0 unspecified atom stereocenters. The number of fused-ring (bicyclic) bond motifs is 1. The molecular weight excluding hydrogens is 306 g/mol. The largest absolute Gasteiger partial charge is 0.363 e. The first-order valence-corrected chi connectivity index (χ1v) is 7.25. The lowest BCUT2D eigenvalue weighted by Crippen LogP contribution is -2.24. The number of nitrogens with one attached hydrogen (secondary N) is 1. The van der Waals surface area contributed by atoms with Crippen molar-refractivity contribution in [1.82, 2.24) is 25.2 Å². The van der Waals surface area contributed by atoms with Gasteiger partial charge in [0.05, 0.1) is 5.56 Å². The molecule has 0 aliphatic carbocycles. The number of amidine groups is 1. The normalized spacial score (nSPS) is 10.6. The molecule has 3 heterocycles. The van der Waals surface area contributed by atoms with Gasteiger partial charge >= 0.3 is 0 Å². The molecule has 0 aliphatic heterocycles. The van der Waals surface area contributed by atoms with Crippen molar-refractivity contribution in [3.05, 3.63) is 46.4 Å². The number of aromatic nitrogens is 4. The number of nitriles is 1. The van der Waals surface area contributed by atoms with Crippen LogP contribution >= 0.6 is 0 Å². The first-order chi connectivity index (χ1) is 11.5. The topological polar surface area (TPSA) is 116 Å². The van der Waals surface area contributed by atoms with Gasteiger partial charge in [-0.25, -0.2) is 14.6 Å². The molecule has 0 aliphatic rings. The average molecular weight is 321 g/mol. The smallest absolute Gasteiger partial charge is 0.225 e. The molecule has 0 saturated carbocycles. The number of rotatable bonds is 3. The molecule has 0 bridgehead atoms. The predicted octanol–water partition coefficient (Wildman–Crippen LogP) is 1.67. The average Bonchev–Trinajstić information content (AvgIpc) is 3.02. The van der Waals surface area contributed by atoms with Gasteiger partial charge in [-0.1, -0.05) is 6.07 Å². The summed E-state index contributed by atoms with van der Waals surface area (Å²) in [4.78, 5) is 10.4. The summed E-state index contributed by atoms with van der Waals surface area (Å²) >= 11 is 0. The first kappa shape index (κ1) is 15.6. The van der Waals surface area contributed by atoms with Crippen molar-refractivity contribution < 1.29 is 4.63 Å². The minimum Gasteiger partial charge on any atom is -0.363 e. The van der Waals surface area contributed by atoms with Gasteiger partial charge in [-0.05, 0) is 34.9 Å². The van der Waals surface area contributed by atoms with Crippen LogP contribution in [0.1, 0.15) is 28.2 Å². The van der Waals surface area contributed by atoms with Gasteiger partial charge in [0.2, 0.25) is 5.65 Å². The van der Waals surface area contributed by atoms with Crippen LogP contribution in [0.5, 0.6) is 0 Å². The molecule has 120 valence electrons. The van der Waals surface area contributed by atoms with Gasteiger partial charge in [-0.3, -0.25) is 5.41 Å². The molecule has 8 heteroatoms. The molecule has 0 radical (unpaired) electrons. The van der Waals surface area contributed by atoms with Crippen molar-refractivity contribution >= 4 is 17.0 Å². The third-order valence-electron chi connectivity index (χ3n) is 3.68. The third kappa shape index (κ3) is 2.67. The van der Waals surface area contributed by atoms with Crippen LogP contribution in [0.2, 0.25) is 0 Å². The highest BCUT2D eigenvalue weighted by Crippen LogP contribution is 2.24. The molecule has 24 heavy (non-hydrogen) atoms. The van der Waals surface area contributed by atoms with E-state index in [1.165, 1.54) is 0 Å². The number of pyridine rings is 2. The van der Waals surface area contributed by atoms with E-state index in [9.17, 15) is 0 Å². The van der Waals surface area contributed by atoms with E-state index in [0.717, 1.165) is 17.0 Å². The second-order valence-electron chi connectivity index (χ2n) is 5.53. The van der Waals surface area contributed by atoms with Gasteiger partial charge in [-0.2, -0.15) is 5.26 Å². The number of hydrogen-bond donors (Lipinski definition) is 1. The Balaban J connectivity index is 2.19. The molecule has 3 aromatic rings. The molecule has 0 saturated heterocycles. The molecule has 3 aromatic heterocycles. The summed E-state index contributed by atoms with van der Waals surface area (Å²) in [7, 11) is 3.57. The second-order valence-corrected chi connectivity index (χ2v) is 5.53. The molecule has 0 amide bonds. The zero-order valence-electron chi connectivity index (χ0n) is 13.5. The predicted molar refractivity (Wildman–Crippen MR) is 86.6 cm³/mol. The Kier molecular flexibility index (Phi) is 3.92. The molecule has 0 spiro atoms. The highest BCUT2D eigenvalue weighted by Gasteiger charge is 2.22. The van der Waals surface area contributed by atoms with E-state index in [2.05, 4.69) is 20.3 Å². The fourth-order valence-electron chi connectivity index (χ4n) is 2.48. The number of nitrogens with zero attached hydrogens (tertiary/aromatic N) is 6. The monoisotopic (exact) mass is 321 g/mol. The second kappa shape index (κ2) is 6.04. The third-order valence-corrected chi connectivity index (χ3v) is 3.68. The number of hydrogen-bond acceptors (Lipinski definition) is 7. The van der Waals surface area contributed by atoms with Gasteiger partial charge in [0.25, 0.3) is 0 Å². The van der Waals surface area contributed by atoms with Crippen LogP contribution in [-0.4, -0.2) is 45.1 Å². The fourth-order valence-corrected chi connectivity index (χ4v) is 2.48. The minimum atomic E-state index is 0.285. The first-order valence-electron chi connectivity index (χ1n) is 7.25. The molecular formula is C16H15N7O. The lowest BCUT2D eigenvalue weighted by atomic mass is 9.99. The maximum absolute atomic E-state index is 9.02. The molecule has 0 atom stereocenters. The summed E-state index contributed by atoms with van der Waals surface area (Å²) < 4.78 is 4.80. The maximum atomic E-state index is 9.02. The van der Waals surface area contributed by atoms with E-state index >= 15 is 0 Å². The van der Waals surface area contributed by atoms with Gasteiger partial charge < -0.3 is 4.90 Å².